The van der Waals surface area contributed by atoms with Crippen LogP contribution in [0.3, 0.4) is 0 Å². The second-order valence-electron chi connectivity index (χ2n) is 3.88. The van der Waals surface area contributed by atoms with Gasteiger partial charge in [-0.15, -0.1) is 5.06 Å². The quantitative estimate of drug-likeness (QED) is 0.741. The lowest BCUT2D eigenvalue weighted by Crippen LogP contribution is -2.30. The smallest absolute Gasteiger partial charge is 0.357 e. The minimum Gasteiger partial charge on any atom is -0.364 e. The van der Waals surface area contributed by atoms with Crippen molar-refractivity contribution in [3.05, 3.63) is 35.9 Å². The van der Waals surface area contributed by atoms with E-state index < -0.39 is 0 Å². The SMILES string of the molecule is C[C@H]1CCCN1OC(=O)c1ccccc1. The van der Waals surface area contributed by atoms with Crippen LogP contribution in [0.15, 0.2) is 30.3 Å². The molecule has 0 unspecified atom stereocenters. The van der Waals surface area contributed by atoms with Crippen LogP contribution in [-0.4, -0.2) is 23.6 Å². The minimum atomic E-state index is -0.260. The van der Waals surface area contributed by atoms with Gasteiger partial charge in [0.1, 0.15) is 0 Å². The molecule has 1 heterocycles. The Morgan fingerprint density at radius 1 is 1.40 bits per heavy atom. The van der Waals surface area contributed by atoms with Crippen molar-refractivity contribution in [2.45, 2.75) is 25.8 Å². The summed E-state index contributed by atoms with van der Waals surface area (Å²) in [7, 11) is 0. The molecule has 1 aliphatic rings. The summed E-state index contributed by atoms with van der Waals surface area (Å²) in [6.07, 6.45) is 2.20. The molecular weight excluding hydrogens is 190 g/mol. The minimum absolute atomic E-state index is 0.260. The highest BCUT2D eigenvalue weighted by Crippen LogP contribution is 2.17. The molecule has 1 atom stereocenters. The maximum Gasteiger partial charge on any atom is 0.357 e. The van der Waals surface area contributed by atoms with E-state index in [1.165, 1.54) is 0 Å². The first-order valence-electron chi connectivity index (χ1n) is 5.31. The molecule has 3 heteroatoms. The summed E-state index contributed by atoms with van der Waals surface area (Å²) in [6, 6.07) is 9.44. The molecule has 1 saturated heterocycles. The first kappa shape index (κ1) is 10.2. The van der Waals surface area contributed by atoms with E-state index in [9.17, 15) is 4.79 Å². The predicted octanol–water partition coefficient (Wildman–Crippen LogP) is 2.24. The highest BCUT2D eigenvalue weighted by molar-refractivity contribution is 5.89. The molecule has 0 amide bonds. The van der Waals surface area contributed by atoms with Gasteiger partial charge in [0.25, 0.3) is 0 Å². The molecule has 0 bridgehead atoms. The van der Waals surface area contributed by atoms with Gasteiger partial charge in [0.05, 0.1) is 5.56 Å². The second kappa shape index (κ2) is 4.45. The summed E-state index contributed by atoms with van der Waals surface area (Å²) in [4.78, 5) is 17.0. The van der Waals surface area contributed by atoms with Crippen molar-refractivity contribution in [1.82, 2.24) is 5.06 Å². The van der Waals surface area contributed by atoms with Gasteiger partial charge in [0, 0.05) is 12.6 Å². The van der Waals surface area contributed by atoms with Gasteiger partial charge in [-0.3, -0.25) is 0 Å². The number of hydrogen-bond donors (Lipinski definition) is 0. The zero-order chi connectivity index (χ0) is 10.7. The number of hydrogen-bond acceptors (Lipinski definition) is 3. The Labute approximate surface area is 89.6 Å². The Hall–Kier alpha value is -1.35. The van der Waals surface area contributed by atoms with Gasteiger partial charge in [0.2, 0.25) is 0 Å². The number of benzene rings is 1. The van der Waals surface area contributed by atoms with Crippen LogP contribution in [0.4, 0.5) is 0 Å². The van der Waals surface area contributed by atoms with Gasteiger partial charge < -0.3 is 4.84 Å². The van der Waals surface area contributed by atoms with E-state index in [-0.39, 0.29) is 5.97 Å². The van der Waals surface area contributed by atoms with Crippen LogP contribution in [0.25, 0.3) is 0 Å². The molecule has 15 heavy (non-hydrogen) atoms. The van der Waals surface area contributed by atoms with E-state index in [0.717, 1.165) is 19.4 Å². The highest BCUT2D eigenvalue weighted by Gasteiger charge is 2.24. The van der Waals surface area contributed by atoms with E-state index in [1.54, 1.807) is 17.2 Å². The first-order valence-corrected chi connectivity index (χ1v) is 5.31. The summed E-state index contributed by atoms with van der Waals surface area (Å²) >= 11 is 0. The summed E-state index contributed by atoms with van der Waals surface area (Å²) in [5.41, 5.74) is 0.608. The lowest BCUT2D eigenvalue weighted by atomic mass is 10.2. The topological polar surface area (TPSA) is 29.5 Å². The Morgan fingerprint density at radius 3 is 2.73 bits per heavy atom. The van der Waals surface area contributed by atoms with E-state index in [0.29, 0.717) is 11.6 Å². The number of hydroxylamine groups is 2. The van der Waals surface area contributed by atoms with Crippen LogP contribution in [0.5, 0.6) is 0 Å². The molecule has 1 fully saturated rings. The summed E-state index contributed by atoms with van der Waals surface area (Å²) < 4.78 is 0. The van der Waals surface area contributed by atoms with Gasteiger partial charge in [-0.05, 0) is 31.9 Å². The Bertz CT molecular complexity index is 337. The summed E-state index contributed by atoms with van der Waals surface area (Å²) in [5, 5.41) is 1.77. The van der Waals surface area contributed by atoms with Gasteiger partial charge in [-0.25, -0.2) is 4.79 Å². The third kappa shape index (κ3) is 2.36. The third-order valence-corrected chi connectivity index (χ3v) is 2.70. The zero-order valence-electron chi connectivity index (χ0n) is 8.85. The Kier molecular flexibility index (Phi) is 3.02. The van der Waals surface area contributed by atoms with Gasteiger partial charge >= 0.3 is 5.97 Å². The molecule has 0 saturated carbocycles. The van der Waals surface area contributed by atoms with Gasteiger partial charge in [-0.2, -0.15) is 0 Å². The molecule has 80 valence electrons. The maximum atomic E-state index is 11.7. The molecule has 0 spiro atoms. The number of rotatable bonds is 2. The zero-order valence-corrected chi connectivity index (χ0v) is 8.85. The van der Waals surface area contributed by atoms with Crippen molar-refractivity contribution in [1.29, 1.82) is 0 Å². The van der Waals surface area contributed by atoms with Crippen LogP contribution in [-0.2, 0) is 4.84 Å². The average Bonchev–Trinajstić information content (AvgIpc) is 2.66. The fraction of sp³-hybridized carbons (Fsp3) is 0.417. The van der Waals surface area contributed by atoms with Crippen molar-refractivity contribution in [2.24, 2.45) is 0 Å². The normalized spacial score (nSPS) is 21.5. The van der Waals surface area contributed by atoms with E-state index in [2.05, 4.69) is 6.92 Å². The predicted molar refractivity (Wildman–Crippen MR) is 57.3 cm³/mol. The lowest BCUT2D eigenvalue weighted by molar-refractivity contribution is -0.115. The van der Waals surface area contributed by atoms with E-state index in [1.807, 2.05) is 18.2 Å². The lowest BCUT2D eigenvalue weighted by Gasteiger charge is -2.19. The highest BCUT2D eigenvalue weighted by atomic mass is 16.7. The number of carbonyl (C=O) groups excluding carboxylic acids is 1. The van der Waals surface area contributed by atoms with Crippen LogP contribution in [0.1, 0.15) is 30.1 Å². The second-order valence-corrected chi connectivity index (χ2v) is 3.88. The van der Waals surface area contributed by atoms with Gasteiger partial charge in [-0.1, -0.05) is 18.2 Å². The molecule has 1 aliphatic heterocycles. The monoisotopic (exact) mass is 205 g/mol. The molecule has 0 radical (unpaired) electrons. The molecule has 2 rings (SSSR count). The molecular formula is C12H15NO2. The van der Waals surface area contributed by atoms with Crippen molar-refractivity contribution in [2.75, 3.05) is 6.54 Å². The molecule has 0 aromatic heterocycles. The van der Waals surface area contributed by atoms with Crippen molar-refractivity contribution in [3.8, 4) is 0 Å². The molecule has 3 nitrogen and oxygen atoms in total. The fourth-order valence-electron chi connectivity index (χ4n) is 1.78. The molecule has 1 aromatic carbocycles. The standard InChI is InChI=1S/C12H15NO2/c1-10-6-5-9-13(10)15-12(14)11-7-3-2-4-8-11/h2-4,7-8,10H,5-6,9H2,1H3/t10-/m0/s1. The Balaban J connectivity index is 1.98. The molecule has 0 N–H and O–H groups in total. The van der Waals surface area contributed by atoms with Crippen LogP contribution >= 0.6 is 0 Å². The largest absolute Gasteiger partial charge is 0.364 e. The maximum absolute atomic E-state index is 11.7. The van der Waals surface area contributed by atoms with Crippen LogP contribution < -0.4 is 0 Å². The summed E-state index contributed by atoms with van der Waals surface area (Å²) in [5.74, 6) is -0.260. The molecule has 0 aliphatic carbocycles. The fourth-order valence-corrected chi connectivity index (χ4v) is 1.78. The van der Waals surface area contributed by atoms with Crippen LogP contribution in [0.2, 0.25) is 0 Å². The number of carbonyl (C=O) groups is 1. The molecule has 1 aromatic rings. The van der Waals surface area contributed by atoms with Crippen LogP contribution in [0, 0.1) is 0 Å². The number of nitrogens with zero attached hydrogens (tertiary/aromatic N) is 1. The van der Waals surface area contributed by atoms with E-state index in [4.69, 9.17) is 4.84 Å². The van der Waals surface area contributed by atoms with Crippen molar-refractivity contribution >= 4 is 5.97 Å². The van der Waals surface area contributed by atoms with Gasteiger partial charge in [0.15, 0.2) is 0 Å². The first-order chi connectivity index (χ1) is 7.27. The van der Waals surface area contributed by atoms with Crippen molar-refractivity contribution in [3.63, 3.8) is 0 Å². The summed E-state index contributed by atoms with van der Waals surface area (Å²) in [6.45, 7) is 2.92. The van der Waals surface area contributed by atoms with E-state index >= 15 is 0 Å². The third-order valence-electron chi connectivity index (χ3n) is 2.70. The Morgan fingerprint density at radius 2 is 2.13 bits per heavy atom. The van der Waals surface area contributed by atoms with Crippen molar-refractivity contribution < 1.29 is 9.63 Å². The average molecular weight is 205 g/mol.